The van der Waals surface area contributed by atoms with E-state index in [4.69, 9.17) is 0 Å². The Morgan fingerprint density at radius 2 is 2.38 bits per heavy atom. The molecule has 0 bridgehead atoms. The Kier molecular flexibility index (Phi) is 4.98. The van der Waals surface area contributed by atoms with Gasteiger partial charge < -0.3 is 10.2 Å². The Morgan fingerprint density at radius 3 is 3.00 bits per heavy atom. The summed E-state index contributed by atoms with van der Waals surface area (Å²) in [7, 11) is 2.10. The Labute approximate surface area is 95.9 Å². The average Bonchev–Trinajstić information content (AvgIpc) is 2.28. The molecule has 0 fully saturated rings. The monoisotopic (exact) mass is 224 g/mol. The first-order valence-corrected chi connectivity index (χ1v) is 5.62. The van der Waals surface area contributed by atoms with Crippen LogP contribution >= 0.6 is 0 Å². The molecule has 0 radical (unpaired) electrons. The first-order chi connectivity index (χ1) is 7.63. The normalized spacial score (nSPS) is 12.8. The molecule has 5 nitrogen and oxygen atoms in total. The number of aromatic amines is 1. The number of anilines is 1. The first-order valence-electron chi connectivity index (χ1n) is 5.62. The number of likely N-dealkylation sites (N-methyl/N-ethyl adjacent to an activating group) is 1. The van der Waals surface area contributed by atoms with Crippen LogP contribution in [0.25, 0.3) is 0 Å². The number of hydrogen-bond acceptors (Lipinski definition) is 4. The summed E-state index contributed by atoms with van der Waals surface area (Å²) in [4.78, 5) is 13.3. The first kappa shape index (κ1) is 12.7. The van der Waals surface area contributed by atoms with Gasteiger partial charge in [0.15, 0.2) is 0 Å². The van der Waals surface area contributed by atoms with Crippen LogP contribution in [0.1, 0.15) is 20.3 Å². The molecule has 1 aromatic heterocycles. The molecule has 16 heavy (non-hydrogen) atoms. The number of rotatable bonds is 6. The summed E-state index contributed by atoms with van der Waals surface area (Å²) < 4.78 is 0. The second-order valence-corrected chi connectivity index (χ2v) is 4.00. The fourth-order valence-electron chi connectivity index (χ4n) is 1.38. The molecule has 0 amide bonds. The van der Waals surface area contributed by atoms with Crippen molar-refractivity contribution in [2.75, 3.05) is 25.5 Å². The van der Waals surface area contributed by atoms with Gasteiger partial charge in [0.1, 0.15) is 0 Å². The van der Waals surface area contributed by atoms with Gasteiger partial charge in [-0.25, -0.2) is 5.10 Å². The summed E-state index contributed by atoms with van der Waals surface area (Å²) in [6, 6.07) is 2.09. The van der Waals surface area contributed by atoms with Gasteiger partial charge in [-0.3, -0.25) is 4.79 Å². The number of hydrogen-bond donors (Lipinski definition) is 2. The summed E-state index contributed by atoms with van der Waals surface area (Å²) in [6.45, 7) is 6.14. The van der Waals surface area contributed by atoms with Crippen LogP contribution in [0.5, 0.6) is 0 Å². The Balaban J connectivity index is 2.33. The number of nitrogens with one attached hydrogen (secondary N) is 2. The summed E-state index contributed by atoms with van der Waals surface area (Å²) in [5.74, 6) is 0. The summed E-state index contributed by atoms with van der Waals surface area (Å²) in [5.41, 5.74) is 0.585. The molecule has 2 N–H and O–H groups in total. The van der Waals surface area contributed by atoms with Gasteiger partial charge in [0.25, 0.3) is 5.56 Å². The lowest BCUT2D eigenvalue weighted by Gasteiger charge is -2.23. The molecule has 5 heteroatoms. The molecule has 1 unspecified atom stereocenters. The second kappa shape index (κ2) is 6.27. The molecule has 0 aromatic carbocycles. The SMILES string of the molecule is CCC(C)N(C)CCNc1cn[nH]c(=O)c1. The van der Waals surface area contributed by atoms with Crippen molar-refractivity contribution in [3.8, 4) is 0 Å². The highest BCUT2D eigenvalue weighted by Gasteiger charge is 2.05. The molecule has 0 spiro atoms. The molecular weight excluding hydrogens is 204 g/mol. The highest BCUT2D eigenvalue weighted by molar-refractivity contribution is 5.38. The van der Waals surface area contributed by atoms with Gasteiger partial charge in [0.05, 0.1) is 11.9 Å². The van der Waals surface area contributed by atoms with E-state index in [1.54, 1.807) is 6.20 Å². The molecule has 1 aromatic rings. The lowest BCUT2D eigenvalue weighted by Crippen LogP contribution is -2.32. The minimum Gasteiger partial charge on any atom is -0.382 e. The lowest BCUT2D eigenvalue weighted by atomic mass is 10.2. The number of H-pyrrole nitrogens is 1. The van der Waals surface area contributed by atoms with Crippen molar-refractivity contribution in [2.24, 2.45) is 0 Å². The highest BCUT2D eigenvalue weighted by atomic mass is 16.1. The topological polar surface area (TPSA) is 61.0 Å². The smallest absolute Gasteiger partial charge is 0.266 e. The van der Waals surface area contributed by atoms with Crippen molar-refractivity contribution in [1.82, 2.24) is 15.1 Å². The molecular formula is C11H20N4O. The van der Waals surface area contributed by atoms with Crippen LogP contribution in [0.4, 0.5) is 5.69 Å². The van der Waals surface area contributed by atoms with E-state index in [9.17, 15) is 4.79 Å². The predicted octanol–water partition coefficient (Wildman–Crippen LogP) is 0.912. The Hall–Kier alpha value is -1.36. The molecule has 90 valence electrons. The van der Waals surface area contributed by atoms with Crippen LogP contribution in [0, 0.1) is 0 Å². The average molecular weight is 224 g/mol. The minimum atomic E-state index is -0.180. The van der Waals surface area contributed by atoms with Gasteiger partial charge in [-0.2, -0.15) is 5.10 Å². The zero-order valence-corrected chi connectivity index (χ0v) is 10.2. The highest BCUT2D eigenvalue weighted by Crippen LogP contribution is 2.01. The van der Waals surface area contributed by atoms with E-state index in [1.165, 1.54) is 6.07 Å². The van der Waals surface area contributed by atoms with E-state index in [1.807, 2.05) is 0 Å². The maximum Gasteiger partial charge on any atom is 0.266 e. The fraction of sp³-hybridized carbons (Fsp3) is 0.636. The number of aromatic nitrogens is 2. The van der Waals surface area contributed by atoms with Crippen molar-refractivity contribution < 1.29 is 0 Å². The maximum atomic E-state index is 11.0. The summed E-state index contributed by atoms with van der Waals surface area (Å²) in [5, 5.41) is 9.23. The third kappa shape index (κ3) is 4.02. The van der Waals surface area contributed by atoms with Gasteiger partial charge in [-0.05, 0) is 20.4 Å². The summed E-state index contributed by atoms with van der Waals surface area (Å²) >= 11 is 0. The van der Waals surface area contributed by atoms with Gasteiger partial charge in [-0.15, -0.1) is 0 Å². The summed E-state index contributed by atoms with van der Waals surface area (Å²) in [6.07, 6.45) is 2.76. The van der Waals surface area contributed by atoms with Crippen LogP contribution in [0.2, 0.25) is 0 Å². The van der Waals surface area contributed by atoms with Crippen molar-refractivity contribution in [2.45, 2.75) is 26.3 Å². The van der Waals surface area contributed by atoms with E-state index in [0.29, 0.717) is 6.04 Å². The number of nitrogens with zero attached hydrogens (tertiary/aromatic N) is 2. The second-order valence-electron chi connectivity index (χ2n) is 4.00. The van der Waals surface area contributed by atoms with E-state index < -0.39 is 0 Å². The molecule has 0 saturated heterocycles. The Morgan fingerprint density at radius 1 is 1.62 bits per heavy atom. The third-order valence-corrected chi connectivity index (χ3v) is 2.80. The molecule has 0 aliphatic heterocycles. The van der Waals surface area contributed by atoms with Crippen LogP contribution in [-0.4, -0.2) is 41.3 Å². The minimum absolute atomic E-state index is 0.180. The van der Waals surface area contributed by atoms with E-state index in [0.717, 1.165) is 25.2 Å². The maximum absolute atomic E-state index is 11.0. The zero-order chi connectivity index (χ0) is 12.0. The largest absolute Gasteiger partial charge is 0.382 e. The molecule has 0 aliphatic rings. The van der Waals surface area contributed by atoms with Crippen LogP contribution in [-0.2, 0) is 0 Å². The standard InChI is InChI=1S/C11H20N4O/c1-4-9(2)15(3)6-5-12-10-7-11(16)14-13-8-10/h7-9H,4-6H2,1-3H3,(H2,12,14,16). The zero-order valence-electron chi connectivity index (χ0n) is 10.2. The van der Waals surface area contributed by atoms with E-state index in [-0.39, 0.29) is 5.56 Å². The molecule has 0 saturated carbocycles. The molecule has 1 heterocycles. The predicted molar refractivity (Wildman–Crippen MR) is 65.7 cm³/mol. The molecule has 1 rings (SSSR count). The van der Waals surface area contributed by atoms with E-state index in [2.05, 4.69) is 41.3 Å². The van der Waals surface area contributed by atoms with E-state index >= 15 is 0 Å². The van der Waals surface area contributed by atoms with Gasteiger partial charge in [0.2, 0.25) is 0 Å². The van der Waals surface area contributed by atoms with Crippen molar-refractivity contribution in [3.05, 3.63) is 22.6 Å². The van der Waals surface area contributed by atoms with Crippen molar-refractivity contribution in [3.63, 3.8) is 0 Å². The lowest BCUT2D eigenvalue weighted by molar-refractivity contribution is 0.261. The molecule has 1 atom stereocenters. The van der Waals surface area contributed by atoms with Crippen molar-refractivity contribution in [1.29, 1.82) is 0 Å². The fourth-order valence-corrected chi connectivity index (χ4v) is 1.38. The van der Waals surface area contributed by atoms with Gasteiger partial charge in [-0.1, -0.05) is 6.92 Å². The van der Waals surface area contributed by atoms with Crippen molar-refractivity contribution >= 4 is 5.69 Å². The van der Waals surface area contributed by atoms with Crippen LogP contribution < -0.4 is 10.9 Å². The molecule has 0 aliphatic carbocycles. The van der Waals surface area contributed by atoms with Crippen LogP contribution in [0.3, 0.4) is 0 Å². The Bertz CT molecular complexity index is 363. The van der Waals surface area contributed by atoms with Gasteiger partial charge >= 0.3 is 0 Å². The quantitative estimate of drug-likeness (QED) is 0.754. The van der Waals surface area contributed by atoms with Gasteiger partial charge in [0, 0.05) is 25.2 Å². The third-order valence-electron chi connectivity index (χ3n) is 2.80. The van der Waals surface area contributed by atoms with Crippen LogP contribution in [0.15, 0.2) is 17.1 Å².